The van der Waals surface area contributed by atoms with Crippen LogP contribution in [0.5, 0.6) is 0 Å². The van der Waals surface area contributed by atoms with Gasteiger partial charge in [0.25, 0.3) is 0 Å². The third-order valence-corrected chi connectivity index (χ3v) is 4.74. The molecule has 0 heterocycles. The van der Waals surface area contributed by atoms with Gasteiger partial charge in [-0.05, 0) is 40.5 Å². The summed E-state index contributed by atoms with van der Waals surface area (Å²) < 4.78 is 35.6. The second kappa shape index (κ2) is 19.2. The molecule has 6 unspecified atom stereocenters. The van der Waals surface area contributed by atoms with Gasteiger partial charge in [-0.1, -0.05) is 39.8 Å². The molecule has 0 saturated carbocycles. The summed E-state index contributed by atoms with van der Waals surface area (Å²) in [5, 5.41) is 0. The van der Waals surface area contributed by atoms with Gasteiger partial charge in [0.2, 0.25) is 0 Å². The molecule has 0 rings (SSSR count). The Hall–Kier alpha value is -0.500. The lowest BCUT2D eigenvalue weighted by molar-refractivity contribution is -0.186. The van der Waals surface area contributed by atoms with Crippen LogP contribution in [-0.4, -0.2) is 64.4 Å². The third-order valence-electron chi connectivity index (χ3n) is 4.74. The van der Waals surface area contributed by atoms with Gasteiger partial charge < -0.3 is 28.4 Å². The molecule has 0 aliphatic carbocycles. The first-order valence-electron chi connectivity index (χ1n) is 11.9. The summed E-state index contributed by atoms with van der Waals surface area (Å²) >= 11 is 0. The third kappa shape index (κ3) is 11.8. The van der Waals surface area contributed by atoms with Crippen LogP contribution in [0.1, 0.15) is 68.2 Å². The molecule has 0 aromatic carbocycles. The summed E-state index contributed by atoms with van der Waals surface area (Å²) in [7, 11) is 0. The highest BCUT2D eigenvalue weighted by Gasteiger charge is 2.29. The van der Waals surface area contributed by atoms with Gasteiger partial charge in [-0.2, -0.15) is 0 Å². The molecule has 0 saturated heterocycles. The minimum absolute atomic E-state index is 0.0457. The molecule has 6 nitrogen and oxygen atoms in total. The van der Waals surface area contributed by atoms with Crippen LogP contribution in [0.3, 0.4) is 0 Å². The molecule has 30 heavy (non-hydrogen) atoms. The molecule has 0 N–H and O–H groups in total. The predicted octanol–water partition coefficient (Wildman–Crippen LogP) is 5.20. The number of ether oxygens (including phenoxy) is 6. The van der Waals surface area contributed by atoms with Crippen molar-refractivity contribution in [2.24, 2.45) is 11.8 Å². The van der Waals surface area contributed by atoms with Gasteiger partial charge in [0.15, 0.2) is 12.6 Å². The van der Waals surface area contributed by atoms with E-state index in [0.717, 1.165) is 12.8 Å². The fraction of sp³-hybridized carbons (Fsp3) is 0.917. The second-order valence-electron chi connectivity index (χ2n) is 7.33. The normalized spacial score (nSPS) is 18.3. The summed E-state index contributed by atoms with van der Waals surface area (Å²) in [5.74, 6) is 0.0913. The monoisotopic (exact) mass is 432 g/mol. The number of hydrogen-bond donors (Lipinski definition) is 0. The maximum absolute atomic E-state index is 6.03. The van der Waals surface area contributed by atoms with Gasteiger partial charge in [0.1, 0.15) is 0 Å². The van der Waals surface area contributed by atoms with Crippen LogP contribution < -0.4 is 0 Å². The van der Waals surface area contributed by atoms with E-state index in [9.17, 15) is 0 Å². The SMILES string of the molecule is CCCOC(OCC)C(C)C(C=CC(OCC)C(C)C(OCC)OCCC)OCC. The van der Waals surface area contributed by atoms with E-state index in [4.69, 9.17) is 28.4 Å². The first kappa shape index (κ1) is 29.5. The molecule has 0 radical (unpaired) electrons. The molecule has 0 aliphatic heterocycles. The molecule has 6 atom stereocenters. The Bertz CT molecular complexity index is 367. The van der Waals surface area contributed by atoms with Crippen molar-refractivity contribution in [2.75, 3.05) is 39.6 Å². The summed E-state index contributed by atoms with van der Waals surface area (Å²) in [5.41, 5.74) is 0. The topological polar surface area (TPSA) is 55.4 Å². The lowest BCUT2D eigenvalue weighted by Crippen LogP contribution is -2.37. The fourth-order valence-electron chi connectivity index (χ4n) is 3.18. The summed E-state index contributed by atoms with van der Waals surface area (Å²) in [4.78, 5) is 0. The first-order chi connectivity index (χ1) is 14.5. The minimum atomic E-state index is -0.303. The van der Waals surface area contributed by atoms with Crippen molar-refractivity contribution in [2.45, 2.75) is 93.0 Å². The molecule has 180 valence electrons. The van der Waals surface area contributed by atoms with Crippen LogP contribution in [0, 0.1) is 11.8 Å². The first-order valence-corrected chi connectivity index (χ1v) is 11.9. The van der Waals surface area contributed by atoms with E-state index < -0.39 is 0 Å². The smallest absolute Gasteiger partial charge is 0.162 e. The largest absolute Gasteiger partial charge is 0.374 e. The lowest BCUT2D eigenvalue weighted by atomic mass is 9.99. The molecule has 0 aliphatic rings. The zero-order valence-electron chi connectivity index (χ0n) is 20.7. The fourth-order valence-corrected chi connectivity index (χ4v) is 3.18. The Kier molecular flexibility index (Phi) is 18.9. The lowest BCUT2D eigenvalue weighted by Gasteiger charge is -2.31. The highest BCUT2D eigenvalue weighted by Crippen LogP contribution is 2.22. The minimum Gasteiger partial charge on any atom is -0.374 e. The zero-order valence-corrected chi connectivity index (χ0v) is 20.7. The van der Waals surface area contributed by atoms with Crippen molar-refractivity contribution in [1.82, 2.24) is 0 Å². The Balaban J connectivity index is 5.39. The highest BCUT2D eigenvalue weighted by atomic mass is 16.7. The molecule has 0 aromatic heterocycles. The van der Waals surface area contributed by atoms with E-state index in [0.29, 0.717) is 39.6 Å². The maximum Gasteiger partial charge on any atom is 0.162 e. The molecule has 0 spiro atoms. The Morgan fingerprint density at radius 3 is 1.10 bits per heavy atom. The Morgan fingerprint density at radius 1 is 0.500 bits per heavy atom. The van der Waals surface area contributed by atoms with Crippen LogP contribution >= 0.6 is 0 Å². The average Bonchev–Trinajstić information content (AvgIpc) is 2.75. The molecular formula is C24H48O6. The van der Waals surface area contributed by atoms with E-state index in [1.165, 1.54) is 0 Å². The van der Waals surface area contributed by atoms with Crippen molar-refractivity contribution in [1.29, 1.82) is 0 Å². The Labute approximate surface area is 185 Å². The van der Waals surface area contributed by atoms with Gasteiger partial charge in [-0.25, -0.2) is 0 Å². The van der Waals surface area contributed by atoms with Gasteiger partial charge in [0, 0.05) is 51.5 Å². The second-order valence-corrected chi connectivity index (χ2v) is 7.33. The quantitative estimate of drug-likeness (QED) is 0.195. The van der Waals surface area contributed by atoms with Crippen LogP contribution in [0.15, 0.2) is 12.2 Å². The summed E-state index contributed by atoms with van der Waals surface area (Å²) in [6.45, 7) is 20.1. The average molecular weight is 433 g/mol. The van der Waals surface area contributed by atoms with Gasteiger partial charge in [-0.15, -0.1) is 0 Å². The molecule has 0 bridgehead atoms. The van der Waals surface area contributed by atoms with Gasteiger partial charge >= 0.3 is 0 Å². The van der Waals surface area contributed by atoms with E-state index in [1.807, 2.05) is 27.7 Å². The molecule has 0 fully saturated rings. The van der Waals surface area contributed by atoms with Crippen molar-refractivity contribution >= 4 is 0 Å². The van der Waals surface area contributed by atoms with Gasteiger partial charge in [0.05, 0.1) is 12.2 Å². The number of hydrogen-bond acceptors (Lipinski definition) is 6. The predicted molar refractivity (Wildman–Crippen MR) is 122 cm³/mol. The standard InChI is InChI=1S/C24H48O6/c1-9-17-29-23(27-13-5)19(7)21(25-11-3)15-16-22(26-12-4)20(8)24(28-14-6)30-18-10-2/h15-16,19-24H,9-14,17-18H2,1-8H3. The zero-order chi connectivity index (χ0) is 22.8. The van der Waals surface area contributed by atoms with Crippen LogP contribution in [-0.2, 0) is 28.4 Å². The molecule has 6 heteroatoms. The molecule has 0 amide bonds. The van der Waals surface area contributed by atoms with Crippen molar-refractivity contribution in [3.63, 3.8) is 0 Å². The van der Waals surface area contributed by atoms with Crippen molar-refractivity contribution < 1.29 is 28.4 Å². The van der Waals surface area contributed by atoms with E-state index in [2.05, 4.69) is 39.8 Å². The van der Waals surface area contributed by atoms with E-state index >= 15 is 0 Å². The summed E-state index contributed by atoms with van der Waals surface area (Å²) in [6, 6.07) is 0. The van der Waals surface area contributed by atoms with E-state index in [-0.39, 0.29) is 36.6 Å². The van der Waals surface area contributed by atoms with Gasteiger partial charge in [-0.3, -0.25) is 0 Å². The van der Waals surface area contributed by atoms with Crippen molar-refractivity contribution in [3.8, 4) is 0 Å². The van der Waals surface area contributed by atoms with Crippen LogP contribution in [0.2, 0.25) is 0 Å². The number of rotatable bonds is 20. The summed E-state index contributed by atoms with van der Waals surface area (Å²) in [6.07, 6.45) is 5.18. The van der Waals surface area contributed by atoms with E-state index in [1.54, 1.807) is 0 Å². The Morgan fingerprint density at radius 2 is 0.833 bits per heavy atom. The van der Waals surface area contributed by atoms with Crippen molar-refractivity contribution in [3.05, 3.63) is 12.2 Å². The maximum atomic E-state index is 6.03. The molecular weight excluding hydrogens is 384 g/mol. The van der Waals surface area contributed by atoms with Crippen LogP contribution in [0.25, 0.3) is 0 Å². The van der Waals surface area contributed by atoms with Crippen LogP contribution in [0.4, 0.5) is 0 Å². The highest BCUT2D eigenvalue weighted by molar-refractivity contribution is 4.99. The molecule has 0 aromatic rings.